The van der Waals surface area contributed by atoms with Gasteiger partial charge in [0.05, 0.1) is 29.6 Å². The summed E-state index contributed by atoms with van der Waals surface area (Å²) in [4.78, 5) is 13.7. The van der Waals surface area contributed by atoms with Crippen molar-refractivity contribution in [3.05, 3.63) is 23.8 Å². The van der Waals surface area contributed by atoms with E-state index in [0.717, 1.165) is 37.2 Å². The molecule has 0 spiro atoms. The second-order valence-electron chi connectivity index (χ2n) is 4.52. The zero-order chi connectivity index (χ0) is 13.0. The van der Waals surface area contributed by atoms with E-state index in [4.69, 9.17) is 5.26 Å². The minimum Gasteiger partial charge on any atom is -0.360 e. The summed E-state index contributed by atoms with van der Waals surface area (Å²) in [6, 6.07) is 7.52. The van der Waals surface area contributed by atoms with Crippen molar-refractivity contribution in [1.29, 1.82) is 5.26 Å². The van der Waals surface area contributed by atoms with Crippen LogP contribution in [0.3, 0.4) is 0 Å². The molecule has 0 atom stereocenters. The molecule has 1 amide bonds. The lowest BCUT2D eigenvalue weighted by atomic mass is 10.1. The molecule has 0 bridgehead atoms. The van der Waals surface area contributed by atoms with Crippen molar-refractivity contribution in [2.75, 3.05) is 23.3 Å². The molecule has 1 aliphatic rings. The van der Waals surface area contributed by atoms with E-state index in [1.807, 2.05) is 6.07 Å². The third kappa shape index (κ3) is 2.62. The molecule has 2 rings (SSSR count). The maximum Gasteiger partial charge on any atom is 0.243 e. The van der Waals surface area contributed by atoms with Gasteiger partial charge < -0.3 is 10.2 Å². The lowest BCUT2D eigenvalue weighted by molar-refractivity contribution is -0.115. The highest BCUT2D eigenvalue weighted by atomic mass is 16.2. The van der Waals surface area contributed by atoms with Gasteiger partial charge in [-0.15, -0.1) is 0 Å². The first kappa shape index (κ1) is 12.4. The first-order valence-corrected chi connectivity index (χ1v) is 6.33. The van der Waals surface area contributed by atoms with Crippen LogP contribution in [0.1, 0.15) is 31.7 Å². The van der Waals surface area contributed by atoms with Gasteiger partial charge in [-0.1, -0.05) is 19.8 Å². The number of nitriles is 1. The molecular weight excluding hydrogens is 226 g/mol. The van der Waals surface area contributed by atoms with E-state index < -0.39 is 0 Å². The average molecular weight is 243 g/mol. The molecule has 1 aromatic carbocycles. The largest absolute Gasteiger partial charge is 0.360 e. The van der Waals surface area contributed by atoms with Crippen LogP contribution in [-0.4, -0.2) is 19.0 Å². The molecule has 94 valence electrons. The maximum absolute atomic E-state index is 11.6. The van der Waals surface area contributed by atoms with Gasteiger partial charge in [0, 0.05) is 6.54 Å². The van der Waals surface area contributed by atoms with Gasteiger partial charge in [0.2, 0.25) is 5.91 Å². The molecule has 0 radical (unpaired) electrons. The molecule has 0 saturated carbocycles. The average Bonchev–Trinajstić information content (AvgIpc) is 2.38. The summed E-state index contributed by atoms with van der Waals surface area (Å²) in [6.45, 7) is 3.40. The summed E-state index contributed by atoms with van der Waals surface area (Å²) in [7, 11) is 0. The van der Waals surface area contributed by atoms with Crippen LogP contribution < -0.4 is 10.2 Å². The molecule has 1 aliphatic heterocycles. The van der Waals surface area contributed by atoms with E-state index in [1.165, 1.54) is 0 Å². The number of amides is 1. The van der Waals surface area contributed by atoms with Gasteiger partial charge in [0.1, 0.15) is 0 Å². The molecule has 4 nitrogen and oxygen atoms in total. The fourth-order valence-electron chi connectivity index (χ4n) is 2.17. The highest BCUT2D eigenvalue weighted by Gasteiger charge is 2.21. The van der Waals surface area contributed by atoms with Crippen LogP contribution in [-0.2, 0) is 4.79 Å². The van der Waals surface area contributed by atoms with E-state index in [1.54, 1.807) is 12.1 Å². The van der Waals surface area contributed by atoms with Gasteiger partial charge >= 0.3 is 0 Å². The predicted octanol–water partition coefficient (Wildman–Crippen LogP) is 2.51. The van der Waals surface area contributed by atoms with Crippen molar-refractivity contribution >= 4 is 17.3 Å². The number of anilines is 2. The Kier molecular flexibility index (Phi) is 3.83. The molecule has 1 N–H and O–H groups in total. The Labute approximate surface area is 107 Å². The number of unbranched alkanes of at least 4 members (excludes halogenated alkanes) is 2. The summed E-state index contributed by atoms with van der Waals surface area (Å²) >= 11 is 0. The van der Waals surface area contributed by atoms with Gasteiger partial charge in [0.25, 0.3) is 0 Å². The van der Waals surface area contributed by atoms with E-state index >= 15 is 0 Å². The normalized spacial score (nSPS) is 13.8. The third-order valence-electron chi connectivity index (χ3n) is 3.11. The van der Waals surface area contributed by atoms with Crippen molar-refractivity contribution in [3.8, 4) is 6.07 Å². The van der Waals surface area contributed by atoms with Crippen molar-refractivity contribution in [2.45, 2.75) is 26.2 Å². The van der Waals surface area contributed by atoms with Crippen LogP contribution in [0, 0.1) is 11.3 Å². The van der Waals surface area contributed by atoms with Crippen LogP contribution in [0.5, 0.6) is 0 Å². The summed E-state index contributed by atoms with van der Waals surface area (Å²) in [5, 5.41) is 11.8. The van der Waals surface area contributed by atoms with E-state index in [9.17, 15) is 4.79 Å². The number of fused-ring (bicyclic) bond motifs is 1. The number of hydrogen-bond donors (Lipinski definition) is 1. The molecule has 18 heavy (non-hydrogen) atoms. The van der Waals surface area contributed by atoms with Gasteiger partial charge in [-0.2, -0.15) is 5.26 Å². The molecule has 0 saturated heterocycles. The number of rotatable bonds is 4. The number of carbonyl (C=O) groups excluding carboxylic acids is 1. The molecule has 1 aromatic rings. The Bertz CT molecular complexity index is 490. The highest BCUT2D eigenvalue weighted by molar-refractivity contribution is 6.01. The molecule has 0 fully saturated rings. The van der Waals surface area contributed by atoms with E-state index in [2.05, 4.69) is 23.2 Å². The van der Waals surface area contributed by atoms with Crippen molar-refractivity contribution in [1.82, 2.24) is 0 Å². The Balaban J connectivity index is 2.22. The Hall–Kier alpha value is -2.02. The minimum absolute atomic E-state index is 0.0173. The van der Waals surface area contributed by atoms with Gasteiger partial charge in [-0.3, -0.25) is 4.79 Å². The Morgan fingerprint density at radius 1 is 1.44 bits per heavy atom. The first-order valence-electron chi connectivity index (χ1n) is 6.33. The standard InChI is InChI=1S/C14H17N3O/c1-2-3-4-7-17-10-14(18)16-12-6-5-11(9-15)8-13(12)17/h5-6,8H,2-4,7,10H2,1H3,(H,16,18). The number of hydrogen-bond acceptors (Lipinski definition) is 3. The van der Waals surface area contributed by atoms with Crippen LogP contribution in [0.2, 0.25) is 0 Å². The Morgan fingerprint density at radius 3 is 3.00 bits per heavy atom. The minimum atomic E-state index is 0.0173. The summed E-state index contributed by atoms with van der Waals surface area (Å²) in [5.74, 6) is 0.0173. The fourth-order valence-corrected chi connectivity index (χ4v) is 2.17. The lowest BCUT2D eigenvalue weighted by Gasteiger charge is -2.31. The SMILES string of the molecule is CCCCCN1CC(=O)Nc2ccc(C#N)cc21. The number of nitrogens with zero attached hydrogens (tertiary/aromatic N) is 2. The van der Waals surface area contributed by atoms with Crippen LogP contribution in [0.25, 0.3) is 0 Å². The smallest absolute Gasteiger partial charge is 0.243 e. The second kappa shape index (κ2) is 5.54. The molecule has 0 aromatic heterocycles. The monoisotopic (exact) mass is 243 g/mol. The molecule has 0 aliphatic carbocycles. The molecular formula is C14H17N3O. The number of nitrogens with one attached hydrogen (secondary N) is 1. The predicted molar refractivity (Wildman–Crippen MR) is 71.5 cm³/mol. The van der Waals surface area contributed by atoms with E-state index in [-0.39, 0.29) is 5.91 Å². The fraction of sp³-hybridized carbons (Fsp3) is 0.429. The topological polar surface area (TPSA) is 56.1 Å². The summed E-state index contributed by atoms with van der Waals surface area (Å²) < 4.78 is 0. The first-order chi connectivity index (χ1) is 8.74. The zero-order valence-electron chi connectivity index (χ0n) is 10.6. The molecule has 4 heteroatoms. The van der Waals surface area contributed by atoms with Crippen LogP contribution in [0.15, 0.2) is 18.2 Å². The van der Waals surface area contributed by atoms with Crippen molar-refractivity contribution in [3.63, 3.8) is 0 Å². The van der Waals surface area contributed by atoms with Gasteiger partial charge in [0.15, 0.2) is 0 Å². The summed E-state index contributed by atoms with van der Waals surface area (Å²) in [6.07, 6.45) is 3.39. The van der Waals surface area contributed by atoms with Crippen LogP contribution >= 0.6 is 0 Å². The third-order valence-corrected chi connectivity index (χ3v) is 3.11. The number of benzene rings is 1. The lowest BCUT2D eigenvalue weighted by Crippen LogP contribution is -2.38. The van der Waals surface area contributed by atoms with Gasteiger partial charge in [-0.25, -0.2) is 0 Å². The zero-order valence-corrected chi connectivity index (χ0v) is 10.6. The van der Waals surface area contributed by atoms with Crippen molar-refractivity contribution < 1.29 is 4.79 Å². The summed E-state index contributed by atoms with van der Waals surface area (Å²) in [5.41, 5.74) is 2.40. The second-order valence-corrected chi connectivity index (χ2v) is 4.52. The van der Waals surface area contributed by atoms with Gasteiger partial charge in [-0.05, 0) is 24.6 Å². The quantitative estimate of drug-likeness (QED) is 0.827. The van der Waals surface area contributed by atoms with E-state index in [0.29, 0.717) is 12.1 Å². The van der Waals surface area contributed by atoms with Crippen LogP contribution in [0.4, 0.5) is 11.4 Å². The molecule has 1 heterocycles. The maximum atomic E-state index is 11.6. The highest BCUT2D eigenvalue weighted by Crippen LogP contribution is 2.30. The Morgan fingerprint density at radius 2 is 2.28 bits per heavy atom. The molecule has 0 unspecified atom stereocenters. The number of carbonyl (C=O) groups is 1. The van der Waals surface area contributed by atoms with Crippen molar-refractivity contribution in [2.24, 2.45) is 0 Å².